The van der Waals surface area contributed by atoms with Crippen LogP contribution < -0.4 is 5.32 Å². The van der Waals surface area contributed by atoms with Crippen LogP contribution in [-0.4, -0.2) is 46.2 Å². The summed E-state index contributed by atoms with van der Waals surface area (Å²) in [5.74, 6) is 0.0273. The second kappa shape index (κ2) is 10.5. The van der Waals surface area contributed by atoms with Crippen molar-refractivity contribution in [2.45, 2.75) is 96.0 Å². The molecule has 0 amide bonds. The molecule has 5 atom stereocenters. The summed E-state index contributed by atoms with van der Waals surface area (Å²) in [6, 6.07) is -0.0945. The van der Waals surface area contributed by atoms with E-state index in [-0.39, 0.29) is 12.0 Å². The van der Waals surface area contributed by atoms with Crippen molar-refractivity contribution in [3.63, 3.8) is 0 Å². The lowest BCUT2D eigenvalue weighted by Crippen LogP contribution is -2.57. The molecule has 126 valence electrons. The highest BCUT2D eigenvalue weighted by atomic mass is 16.4. The van der Waals surface area contributed by atoms with Gasteiger partial charge in [0.25, 0.3) is 0 Å². The molecule has 1 aliphatic rings. The van der Waals surface area contributed by atoms with Gasteiger partial charge in [0.05, 0.1) is 12.2 Å². The summed E-state index contributed by atoms with van der Waals surface area (Å²) >= 11 is 0. The first-order valence-electron chi connectivity index (χ1n) is 8.85. The Kier molecular flexibility index (Phi) is 9.49. The second-order valence-corrected chi connectivity index (χ2v) is 6.72. The first-order chi connectivity index (χ1) is 10.1. The maximum absolute atomic E-state index is 9.98. The highest BCUT2D eigenvalue weighted by Crippen LogP contribution is 2.25. The Morgan fingerprint density at radius 3 is 2.00 bits per heavy atom. The van der Waals surface area contributed by atoms with Crippen molar-refractivity contribution in [3.8, 4) is 0 Å². The van der Waals surface area contributed by atoms with Gasteiger partial charge in [0.1, 0.15) is 6.10 Å². The molecule has 0 aromatic rings. The van der Waals surface area contributed by atoms with Crippen LogP contribution in [0.4, 0.5) is 0 Å². The first kappa shape index (κ1) is 18.9. The van der Waals surface area contributed by atoms with Gasteiger partial charge < -0.3 is 20.6 Å². The van der Waals surface area contributed by atoms with Gasteiger partial charge in [-0.1, -0.05) is 58.8 Å². The number of aliphatic hydroxyl groups excluding tert-OH is 3. The smallest absolute Gasteiger partial charge is 0.107 e. The van der Waals surface area contributed by atoms with Gasteiger partial charge in [-0.15, -0.1) is 0 Å². The average Bonchev–Trinajstić information content (AvgIpc) is 2.48. The first-order valence-corrected chi connectivity index (χ1v) is 8.85. The third-order valence-corrected chi connectivity index (χ3v) is 4.76. The molecule has 1 rings (SSSR count). The molecule has 21 heavy (non-hydrogen) atoms. The molecule has 0 heterocycles. The van der Waals surface area contributed by atoms with Gasteiger partial charge in [-0.2, -0.15) is 0 Å². The van der Waals surface area contributed by atoms with Crippen LogP contribution in [0.5, 0.6) is 0 Å². The predicted octanol–water partition coefficient (Wildman–Crippen LogP) is 2.21. The molecule has 0 aromatic heterocycles. The summed E-state index contributed by atoms with van der Waals surface area (Å²) in [7, 11) is 0. The van der Waals surface area contributed by atoms with Crippen LogP contribution in [-0.2, 0) is 0 Å². The minimum Gasteiger partial charge on any atom is -0.390 e. The maximum Gasteiger partial charge on any atom is 0.107 e. The molecule has 0 aliphatic heterocycles. The number of aliphatic hydroxyl groups is 3. The van der Waals surface area contributed by atoms with Crippen LogP contribution in [0, 0.1) is 5.92 Å². The molecular formula is C17H35NO3. The molecule has 0 bridgehead atoms. The summed E-state index contributed by atoms with van der Waals surface area (Å²) in [6.45, 7) is 5.04. The fourth-order valence-electron chi connectivity index (χ4n) is 3.21. The molecule has 4 heteroatoms. The highest BCUT2D eigenvalue weighted by Gasteiger charge is 2.40. The van der Waals surface area contributed by atoms with E-state index in [4.69, 9.17) is 0 Å². The normalized spacial score (nSPS) is 33.3. The van der Waals surface area contributed by atoms with Gasteiger partial charge in [-0.3, -0.25) is 0 Å². The Labute approximate surface area is 130 Å². The molecule has 1 saturated carbocycles. The van der Waals surface area contributed by atoms with Crippen LogP contribution in [0.25, 0.3) is 0 Å². The molecular weight excluding hydrogens is 266 g/mol. The molecule has 0 radical (unpaired) electrons. The molecule has 1 fully saturated rings. The molecule has 1 aliphatic carbocycles. The van der Waals surface area contributed by atoms with E-state index in [9.17, 15) is 15.3 Å². The van der Waals surface area contributed by atoms with Gasteiger partial charge in [-0.25, -0.2) is 0 Å². The summed E-state index contributed by atoms with van der Waals surface area (Å²) in [5, 5.41) is 32.8. The van der Waals surface area contributed by atoms with Gasteiger partial charge >= 0.3 is 0 Å². The zero-order valence-corrected chi connectivity index (χ0v) is 13.8. The standard InChI is InChI=1S/C17H35NO3/c1-3-4-5-6-7-8-9-10-11-18-14-12-13(2)15(19)17(21)16(14)20/h13-21H,3-12H2,1-2H3/t13-,14+,15-,16-,17-/m0/s1. The van der Waals surface area contributed by atoms with E-state index in [0.717, 1.165) is 19.4 Å². The topological polar surface area (TPSA) is 72.7 Å². The number of hydrogen-bond donors (Lipinski definition) is 4. The fraction of sp³-hybridized carbons (Fsp3) is 1.00. The Morgan fingerprint density at radius 2 is 1.38 bits per heavy atom. The Morgan fingerprint density at radius 1 is 0.810 bits per heavy atom. The van der Waals surface area contributed by atoms with Crippen molar-refractivity contribution in [2.24, 2.45) is 5.92 Å². The van der Waals surface area contributed by atoms with Crippen molar-refractivity contribution in [1.82, 2.24) is 5.32 Å². The van der Waals surface area contributed by atoms with E-state index in [1.54, 1.807) is 0 Å². The van der Waals surface area contributed by atoms with Crippen LogP contribution in [0.1, 0.15) is 71.6 Å². The monoisotopic (exact) mass is 301 g/mol. The van der Waals surface area contributed by atoms with Gasteiger partial charge in [-0.05, 0) is 25.3 Å². The van der Waals surface area contributed by atoms with Crippen molar-refractivity contribution in [3.05, 3.63) is 0 Å². The van der Waals surface area contributed by atoms with E-state index in [1.807, 2.05) is 6.92 Å². The van der Waals surface area contributed by atoms with Crippen LogP contribution in [0.15, 0.2) is 0 Å². The SMILES string of the molecule is CCCCCCCCCCN[C@@H]1C[C@H](C)[C@H](O)[C@H](O)[C@H]1O. The van der Waals surface area contributed by atoms with E-state index in [2.05, 4.69) is 12.2 Å². The van der Waals surface area contributed by atoms with Gasteiger partial charge in [0.2, 0.25) is 0 Å². The van der Waals surface area contributed by atoms with Gasteiger partial charge in [0, 0.05) is 6.04 Å². The third-order valence-electron chi connectivity index (χ3n) is 4.76. The van der Waals surface area contributed by atoms with Gasteiger partial charge in [0.15, 0.2) is 0 Å². The molecule has 4 nitrogen and oxygen atoms in total. The molecule has 4 N–H and O–H groups in total. The number of hydrogen-bond acceptors (Lipinski definition) is 4. The van der Waals surface area contributed by atoms with E-state index in [1.165, 1.54) is 44.9 Å². The van der Waals surface area contributed by atoms with Crippen LogP contribution >= 0.6 is 0 Å². The minimum absolute atomic E-state index is 0.0273. The van der Waals surface area contributed by atoms with Crippen molar-refractivity contribution >= 4 is 0 Å². The lowest BCUT2D eigenvalue weighted by molar-refractivity contribution is -0.119. The van der Waals surface area contributed by atoms with E-state index in [0.29, 0.717) is 0 Å². The highest BCUT2D eigenvalue weighted by molar-refractivity contribution is 4.94. The van der Waals surface area contributed by atoms with Crippen molar-refractivity contribution < 1.29 is 15.3 Å². The summed E-state index contributed by atoms with van der Waals surface area (Å²) in [5.41, 5.74) is 0. The van der Waals surface area contributed by atoms with Crippen molar-refractivity contribution in [2.75, 3.05) is 6.54 Å². The fourth-order valence-corrected chi connectivity index (χ4v) is 3.21. The maximum atomic E-state index is 9.98. The Balaban J connectivity index is 2.04. The zero-order chi connectivity index (χ0) is 15.7. The predicted molar refractivity (Wildman–Crippen MR) is 86.2 cm³/mol. The summed E-state index contributed by atoms with van der Waals surface area (Å²) < 4.78 is 0. The van der Waals surface area contributed by atoms with Crippen LogP contribution in [0.2, 0.25) is 0 Å². The number of unbranched alkanes of at least 4 members (excludes halogenated alkanes) is 7. The largest absolute Gasteiger partial charge is 0.390 e. The van der Waals surface area contributed by atoms with E-state index >= 15 is 0 Å². The summed E-state index contributed by atoms with van der Waals surface area (Å²) in [6.07, 6.45) is 8.36. The summed E-state index contributed by atoms with van der Waals surface area (Å²) in [4.78, 5) is 0. The Bertz CT molecular complexity index is 262. The third kappa shape index (κ3) is 6.64. The molecule has 0 unspecified atom stereocenters. The molecule has 0 saturated heterocycles. The molecule has 0 spiro atoms. The van der Waals surface area contributed by atoms with Crippen molar-refractivity contribution in [1.29, 1.82) is 0 Å². The average molecular weight is 301 g/mol. The number of rotatable bonds is 10. The van der Waals surface area contributed by atoms with Crippen LogP contribution in [0.3, 0.4) is 0 Å². The minimum atomic E-state index is -1.02. The molecule has 0 aromatic carbocycles. The lowest BCUT2D eigenvalue weighted by Gasteiger charge is -2.39. The van der Waals surface area contributed by atoms with E-state index < -0.39 is 18.3 Å². The second-order valence-electron chi connectivity index (χ2n) is 6.72. The quantitative estimate of drug-likeness (QED) is 0.467. The lowest BCUT2D eigenvalue weighted by atomic mass is 9.80. The Hall–Kier alpha value is -0.160. The zero-order valence-electron chi connectivity index (χ0n) is 13.8. The number of nitrogens with one attached hydrogen (secondary N) is 1.